The molecule has 18 heavy (non-hydrogen) atoms. The van der Waals surface area contributed by atoms with Crippen LogP contribution < -0.4 is 0 Å². The average Bonchev–Trinajstić information content (AvgIpc) is 2.28. The largest absolute Gasteiger partial charge is 0.459 e. The van der Waals surface area contributed by atoms with Gasteiger partial charge >= 0.3 is 5.97 Å². The number of hydrogen-bond acceptors (Lipinski definition) is 3. The van der Waals surface area contributed by atoms with E-state index >= 15 is 0 Å². The molecule has 1 atom stereocenters. The molecule has 0 aliphatic rings. The Kier molecular flexibility index (Phi) is 5.35. The molecular weight excluding hydrogens is 228 g/mol. The van der Waals surface area contributed by atoms with E-state index in [1.54, 1.807) is 26.0 Å². The first-order valence-electron chi connectivity index (χ1n) is 6.37. The third-order valence-corrected chi connectivity index (χ3v) is 2.72. The van der Waals surface area contributed by atoms with Crippen LogP contribution in [-0.4, -0.2) is 22.8 Å². The quantitative estimate of drug-likeness (QED) is 0.789. The van der Waals surface area contributed by atoms with Crippen molar-refractivity contribution in [3.05, 3.63) is 35.9 Å². The average molecular weight is 250 g/mol. The minimum atomic E-state index is -0.650. The molecule has 100 valence electrons. The summed E-state index contributed by atoms with van der Waals surface area (Å²) in [5.41, 5.74) is -0.0739. The number of aliphatic hydroxyl groups is 1. The highest BCUT2D eigenvalue weighted by molar-refractivity contribution is 5.89. The van der Waals surface area contributed by atoms with E-state index in [9.17, 15) is 9.90 Å². The molecule has 0 spiro atoms. The van der Waals surface area contributed by atoms with Crippen molar-refractivity contribution in [2.24, 2.45) is 0 Å². The summed E-state index contributed by atoms with van der Waals surface area (Å²) in [5, 5.41) is 9.58. The predicted octanol–water partition coefficient (Wildman–Crippen LogP) is 3.17. The van der Waals surface area contributed by atoms with Crippen molar-refractivity contribution in [2.45, 2.75) is 51.7 Å². The molecule has 1 rings (SSSR count). The second-order valence-electron chi connectivity index (χ2n) is 5.29. The fourth-order valence-electron chi connectivity index (χ4n) is 1.71. The second-order valence-corrected chi connectivity index (χ2v) is 5.29. The van der Waals surface area contributed by atoms with Gasteiger partial charge in [0, 0.05) is 0 Å². The summed E-state index contributed by atoms with van der Waals surface area (Å²) in [5.74, 6) is -0.286. The first-order valence-corrected chi connectivity index (χ1v) is 6.37. The van der Waals surface area contributed by atoms with Crippen LogP contribution in [0.2, 0.25) is 0 Å². The maximum Gasteiger partial charge on any atom is 0.338 e. The minimum absolute atomic E-state index is 0.125. The van der Waals surface area contributed by atoms with Gasteiger partial charge in [-0.05, 0) is 52.2 Å². The molecule has 0 saturated carbocycles. The molecule has 0 heterocycles. The van der Waals surface area contributed by atoms with Crippen molar-refractivity contribution in [1.29, 1.82) is 0 Å². The van der Waals surface area contributed by atoms with Gasteiger partial charge in [0.2, 0.25) is 0 Å². The molecular formula is C15H22O3. The Labute approximate surface area is 109 Å². The zero-order valence-electron chi connectivity index (χ0n) is 11.3. The summed E-state index contributed by atoms with van der Waals surface area (Å²) in [6.07, 6.45) is 2.19. The molecule has 1 unspecified atom stereocenters. The second kappa shape index (κ2) is 6.55. The molecule has 0 radical (unpaired) electrons. The maximum absolute atomic E-state index is 11.7. The van der Waals surface area contributed by atoms with Crippen molar-refractivity contribution >= 4 is 5.97 Å². The van der Waals surface area contributed by atoms with E-state index in [0.29, 0.717) is 12.0 Å². The number of carbonyl (C=O) groups excluding carboxylic acids is 1. The Morgan fingerprint density at radius 2 is 1.94 bits per heavy atom. The Hall–Kier alpha value is -1.35. The fraction of sp³-hybridized carbons (Fsp3) is 0.533. The lowest BCUT2D eigenvalue weighted by Crippen LogP contribution is -2.20. The summed E-state index contributed by atoms with van der Waals surface area (Å²) in [4.78, 5) is 11.7. The van der Waals surface area contributed by atoms with Gasteiger partial charge in [-0.2, -0.15) is 0 Å². The van der Waals surface area contributed by atoms with Crippen molar-refractivity contribution in [2.75, 3.05) is 0 Å². The molecule has 1 aromatic carbocycles. The SMILES string of the molecule is CC(CCCC(C)(C)O)OC(=O)c1ccccc1. The van der Waals surface area contributed by atoms with Crippen LogP contribution in [-0.2, 0) is 4.74 Å². The summed E-state index contributed by atoms with van der Waals surface area (Å²) in [7, 11) is 0. The van der Waals surface area contributed by atoms with Crippen molar-refractivity contribution in [3.8, 4) is 0 Å². The molecule has 0 aromatic heterocycles. The summed E-state index contributed by atoms with van der Waals surface area (Å²) < 4.78 is 5.33. The van der Waals surface area contributed by atoms with Gasteiger partial charge in [-0.25, -0.2) is 4.79 Å². The first kappa shape index (κ1) is 14.7. The van der Waals surface area contributed by atoms with Crippen LogP contribution in [0.3, 0.4) is 0 Å². The van der Waals surface area contributed by atoms with Crippen LogP contribution >= 0.6 is 0 Å². The molecule has 1 aromatic rings. The summed E-state index contributed by atoms with van der Waals surface area (Å²) >= 11 is 0. The van der Waals surface area contributed by atoms with Gasteiger partial charge in [0.05, 0.1) is 17.3 Å². The van der Waals surface area contributed by atoms with Crippen LogP contribution in [0, 0.1) is 0 Å². The molecule has 0 bridgehead atoms. The van der Waals surface area contributed by atoms with E-state index in [-0.39, 0.29) is 12.1 Å². The highest BCUT2D eigenvalue weighted by Gasteiger charge is 2.15. The number of hydrogen-bond donors (Lipinski definition) is 1. The smallest absolute Gasteiger partial charge is 0.338 e. The molecule has 0 aliphatic carbocycles. The van der Waals surface area contributed by atoms with E-state index in [0.717, 1.165) is 12.8 Å². The Morgan fingerprint density at radius 3 is 2.50 bits per heavy atom. The van der Waals surface area contributed by atoms with Gasteiger partial charge in [0.25, 0.3) is 0 Å². The number of benzene rings is 1. The lowest BCUT2D eigenvalue weighted by atomic mass is 10.0. The van der Waals surface area contributed by atoms with Gasteiger partial charge in [0.15, 0.2) is 0 Å². The summed E-state index contributed by atoms with van der Waals surface area (Å²) in [6.45, 7) is 5.45. The number of rotatable bonds is 6. The van der Waals surface area contributed by atoms with E-state index < -0.39 is 5.60 Å². The van der Waals surface area contributed by atoms with Gasteiger partial charge in [-0.1, -0.05) is 18.2 Å². The Bertz CT molecular complexity index is 365. The van der Waals surface area contributed by atoms with Gasteiger partial charge < -0.3 is 9.84 Å². The number of ether oxygens (including phenoxy) is 1. The lowest BCUT2D eigenvalue weighted by molar-refractivity contribution is 0.0284. The number of esters is 1. The van der Waals surface area contributed by atoms with Crippen LogP contribution in [0.15, 0.2) is 30.3 Å². The lowest BCUT2D eigenvalue weighted by Gasteiger charge is -2.18. The van der Waals surface area contributed by atoms with Crippen LogP contribution in [0.1, 0.15) is 50.4 Å². The highest BCUT2D eigenvalue weighted by Crippen LogP contribution is 2.15. The van der Waals surface area contributed by atoms with Gasteiger partial charge in [-0.15, -0.1) is 0 Å². The standard InChI is InChI=1S/C15H22O3/c1-12(8-7-11-15(2,3)17)18-14(16)13-9-5-4-6-10-13/h4-6,9-10,12,17H,7-8,11H2,1-3H3. The molecule has 0 saturated heterocycles. The van der Waals surface area contributed by atoms with Gasteiger partial charge in [-0.3, -0.25) is 0 Å². The minimum Gasteiger partial charge on any atom is -0.459 e. The Morgan fingerprint density at radius 1 is 1.33 bits per heavy atom. The van der Waals surface area contributed by atoms with Gasteiger partial charge in [0.1, 0.15) is 0 Å². The molecule has 3 nitrogen and oxygen atoms in total. The third kappa shape index (κ3) is 5.82. The summed E-state index contributed by atoms with van der Waals surface area (Å²) in [6, 6.07) is 8.98. The molecule has 0 aliphatic heterocycles. The van der Waals surface area contributed by atoms with Crippen LogP contribution in [0.25, 0.3) is 0 Å². The molecule has 1 N–H and O–H groups in total. The van der Waals surface area contributed by atoms with E-state index in [1.165, 1.54) is 0 Å². The van der Waals surface area contributed by atoms with Crippen molar-refractivity contribution in [1.82, 2.24) is 0 Å². The molecule has 3 heteroatoms. The van der Waals surface area contributed by atoms with Crippen LogP contribution in [0.5, 0.6) is 0 Å². The first-order chi connectivity index (χ1) is 8.38. The van der Waals surface area contributed by atoms with E-state index in [2.05, 4.69) is 0 Å². The third-order valence-electron chi connectivity index (χ3n) is 2.72. The molecule has 0 amide bonds. The van der Waals surface area contributed by atoms with E-state index in [1.807, 2.05) is 25.1 Å². The monoisotopic (exact) mass is 250 g/mol. The van der Waals surface area contributed by atoms with Crippen molar-refractivity contribution < 1.29 is 14.6 Å². The number of carbonyl (C=O) groups is 1. The highest BCUT2D eigenvalue weighted by atomic mass is 16.5. The fourth-order valence-corrected chi connectivity index (χ4v) is 1.71. The topological polar surface area (TPSA) is 46.5 Å². The van der Waals surface area contributed by atoms with Crippen LogP contribution in [0.4, 0.5) is 0 Å². The maximum atomic E-state index is 11.7. The Balaban J connectivity index is 2.32. The predicted molar refractivity (Wildman–Crippen MR) is 71.5 cm³/mol. The molecule has 0 fully saturated rings. The zero-order valence-corrected chi connectivity index (χ0v) is 11.3. The van der Waals surface area contributed by atoms with E-state index in [4.69, 9.17) is 4.74 Å². The van der Waals surface area contributed by atoms with Crippen molar-refractivity contribution in [3.63, 3.8) is 0 Å². The normalized spacial score (nSPS) is 13.1. The zero-order chi connectivity index (χ0) is 13.6.